The molecule has 132 valence electrons. The number of anilines is 1. The van der Waals surface area contributed by atoms with Gasteiger partial charge >= 0.3 is 0 Å². The second kappa shape index (κ2) is 8.40. The van der Waals surface area contributed by atoms with Crippen LogP contribution in [0.2, 0.25) is 0 Å². The Balaban J connectivity index is 0.00000208. The van der Waals surface area contributed by atoms with Crippen molar-refractivity contribution in [2.75, 3.05) is 32.1 Å². The highest BCUT2D eigenvalue weighted by molar-refractivity contribution is 7.17. The number of nitrogens with one attached hydrogen (secondary N) is 2. The molecule has 0 spiro atoms. The standard InChI is InChI=1S/C16H21N3O2S2.ClH/c1-11-3-4-13(23-11)12-9-22-15(18-12)19-14(20)16(10-21-2)5-7-17-8-6-16;/h3-4,9,17H,5-8,10H2,1-2H3,(H,18,19,20);1H. The Labute approximate surface area is 156 Å². The lowest BCUT2D eigenvalue weighted by Gasteiger charge is -2.35. The number of rotatable bonds is 5. The molecule has 2 aromatic rings. The van der Waals surface area contributed by atoms with E-state index in [0.717, 1.165) is 36.5 Å². The Kier molecular flexibility index (Phi) is 6.77. The maximum Gasteiger partial charge on any atom is 0.234 e. The number of aromatic nitrogens is 1. The van der Waals surface area contributed by atoms with Gasteiger partial charge in [-0.25, -0.2) is 4.98 Å². The molecule has 2 aromatic heterocycles. The van der Waals surface area contributed by atoms with Crippen LogP contribution < -0.4 is 10.6 Å². The topological polar surface area (TPSA) is 63.2 Å². The summed E-state index contributed by atoms with van der Waals surface area (Å²) in [5.41, 5.74) is 0.472. The summed E-state index contributed by atoms with van der Waals surface area (Å²) in [4.78, 5) is 19.7. The minimum Gasteiger partial charge on any atom is -0.384 e. The zero-order valence-corrected chi connectivity index (χ0v) is 16.2. The second-order valence-corrected chi connectivity index (χ2v) is 8.01. The summed E-state index contributed by atoms with van der Waals surface area (Å²) in [6.45, 7) is 4.21. The van der Waals surface area contributed by atoms with Gasteiger partial charge in [0.15, 0.2) is 5.13 Å². The lowest BCUT2D eigenvalue weighted by molar-refractivity contribution is -0.130. The SMILES string of the molecule is COCC1(C(=O)Nc2nc(-c3ccc(C)s3)cs2)CCNCC1.Cl. The number of nitrogens with zero attached hydrogens (tertiary/aromatic N) is 1. The van der Waals surface area contributed by atoms with Crippen LogP contribution in [0.15, 0.2) is 17.5 Å². The molecule has 0 saturated carbocycles. The third-order valence-corrected chi connectivity index (χ3v) is 5.96. The average molecular weight is 388 g/mol. The van der Waals surface area contributed by atoms with E-state index in [2.05, 4.69) is 34.7 Å². The molecular formula is C16H22ClN3O2S2. The summed E-state index contributed by atoms with van der Waals surface area (Å²) >= 11 is 3.18. The summed E-state index contributed by atoms with van der Waals surface area (Å²) in [6.07, 6.45) is 1.57. The van der Waals surface area contributed by atoms with Crippen molar-refractivity contribution < 1.29 is 9.53 Å². The fourth-order valence-corrected chi connectivity index (χ4v) is 4.47. The Morgan fingerprint density at radius 1 is 1.42 bits per heavy atom. The lowest BCUT2D eigenvalue weighted by atomic mass is 9.79. The van der Waals surface area contributed by atoms with E-state index in [-0.39, 0.29) is 18.3 Å². The van der Waals surface area contributed by atoms with Gasteiger partial charge in [0.2, 0.25) is 5.91 Å². The Bertz CT molecular complexity index is 675. The highest BCUT2D eigenvalue weighted by atomic mass is 35.5. The molecule has 0 bridgehead atoms. The van der Waals surface area contributed by atoms with Crippen LogP contribution in [0.25, 0.3) is 10.6 Å². The molecule has 3 heterocycles. The molecule has 2 N–H and O–H groups in total. The molecule has 8 heteroatoms. The molecule has 24 heavy (non-hydrogen) atoms. The van der Waals surface area contributed by atoms with Crippen LogP contribution >= 0.6 is 35.1 Å². The van der Waals surface area contributed by atoms with Gasteiger partial charge in [-0.05, 0) is 45.0 Å². The van der Waals surface area contributed by atoms with E-state index in [1.165, 1.54) is 16.2 Å². The molecule has 1 aliphatic heterocycles. The number of piperidine rings is 1. The van der Waals surface area contributed by atoms with Crippen LogP contribution in [0, 0.1) is 12.3 Å². The number of thiazole rings is 1. The third-order valence-electron chi connectivity index (χ3n) is 4.18. The van der Waals surface area contributed by atoms with E-state index >= 15 is 0 Å². The van der Waals surface area contributed by atoms with Gasteiger partial charge in [-0.3, -0.25) is 4.79 Å². The number of carbonyl (C=O) groups excluding carboxylic acids is 1. The quantitative estimate of drug-likeness (QED) is 0.823. The van der Waals surface area contributed by atoms with Crippen molar-refractivity contribution >= 4 is 46.1 Å². The van der Waals surface area contributed by atoms with Crippen LogP contribution in [-0.4, -0.2) is 37.7 Å². The molecule has 5 nitrogen and oxygen atoms in total. The van der Waals surface area contributed by atoms with E-state index in [9.17, 15) is 4.79 Å². The molecule has 1 saturated heterocycles. The smallest absolute Gasteiger partial charge is 0.234 e. The minimum atomic E-state index is -0.453. The highest BCUT2D eigenvalue weighted by Gasteiger charge is 2.40. The van der Waals surface area contributed by atoms with Gasteiger partial charge in [-0.15, -0.1) is 35.1 Å². The summed E-state index contributed by atoms with van der Waals surface area (Å²) in [5.74, 6) is 0.0177. The number of aryl methyl sites for hydroxylation is 1. The summed E-state index contributed by atoms with van der Waals surface area (Å²) in [7, 11) is 1.65. The van der Waals surface area contributed by atoms with E-state index in [1.807, 2.05) is 5.38 Å². The number of hydrogen-bond acceptors (Lipinski definition) is 6. The van der Waals surface area contributed by atoms with Gasteiger partial charge in [0.1, 0.15) is 0 Å². The highest BCUT2D eigenvalue weighted by Crippen LogP contribution is 2.33. The lowest BCUT2D eigenvalue weighted by Crippen LogP contribution is -2.47. The first-order valence-corrected chi connectivity index (χ1v) is 9.36. The third kappa shape index (κ3) is 4.15. The molecule has 0 unspecified atom stereocenters. The van der Waals surface area contributed by atoms with Crippen LogP contribution in [0.3, 0.4) is 0 Å². The number of ether oxygens (including phenoxy) is 1. The normalized spacial score (nSPS) is 16.4. The Hall–Kier alpha value is -0.990. The fourth-order valence-electron chi connectivity index (χ4n) is 2.86. The van der Waals surface area contributed by atoms with Gasteiger partial charge in [0.05, 0.1) is 22.6 Å². The van der Waals surface area contributed by atoms with E-state index in [4.69, 9.17) is 4.74 Å². The zero-order valence-electron chi connectivity index (χ0n) is 13.8. The zero-order chi connectivity index (χ0) is 16.3. The first-order valence-electron chi connectivity index (χ1n) is 7.66. The fraction of sp³-hybridized carbons (Fsp3) is 0.500. The Morgan fingerprint density at radius 3 is 2.79 bits per heavy atom. The number of hydrogen-bond donors (Lipinski definition) is 2. The van der Waals surface area contributed by atoms with Gasteiger partial charge in [-0.1, -0.05) is 0 Å². The predicted octanol–water partition coefficient (Wildman–Crippen LogP) is 3.56. The van der Waals surface area contributed by atoms with Crippen molar-refractivity contribution in [3.63, 3.8) is 0 Å². The predicted molar refractivity (Wildman–Crippen MR) is 102 cm³/mol. The number of thiophene rings is 1. The molecule has 1 fully saturated rings. The van der Waals surface area contributed by atoms with Crippen LogP contribution in [-0.2, 0) is 9.53 Å². The summed E-state index contributed by atoms with van der Waals surface area (Å²) in [5, 5.41) is 8.95. The summed E-state index contributed by atoms with van der Waals surface area (Å²) < 4.78 is 5.32. The first-order chi connectivity index (χ1) is 11.1. The van der Waals surface area contributed by atoms with Crippen molar-refractivity contribution in [1.82, 2.24) is 10.3 Å². The first kappa shape index (κ1) is 19.3. The van der Waals surface area contributed by atoms with Crippen molar-refractivity contribution in [2.24, 2.45) is 5.41 Å². The molecule has 1 aliphatic rings. The van der Waals surface area contributed by atoms with Crippen LogP contribution in [0.1, 0.15) is 17.7 Å². The van der Waals surface area contributed by atoms with Crippen molar-refractivity contribution in [2.45, 2.75) is 19.8 Å². The van der Waals surface area contributed by atoms with Crippen molar-refractivity contribution in [1.29, 1.82) is 0 Å². The molecule has 0 radical (unpaired) electrons. The molecule has 0 aromatic carbocycles. The number of amides is 1. The van der Waals surface area contributed by atoms with E-state index in [1.54, 1.807) is 18.4 Å². The molecule has 0 aliphatic carbocycles. The van der Waals surface area contributed by atoms with Crippen LogP contribution in [0.5, 0.6) is 0 Å². The Morgan fingerprint density at radius 2 is 2.17 bits per heavy atom. The molecule has 3 rings (SSSR count). The van der Waals surface area contributed by atoms with E-state index in [0.29, 0.717) is 11.7 Å². The molecule has 0 atom stereocenters. The minimum absolute atomic E-state index is 0. The maximum atomic E-state index is 12.8. The number of carbonyl (C=O) groups is 1. The second-order valence-electron chi connectivity index (χ2n) is 5.87. The number of methoxy groups -OCH3 is 1. The summed E-state index contributed by atoms with van der Waals surface area (Å²) in [6, 6.07) is 4.15. The monoisotopic (exact) mass is 387 g/mol. The van der Waals surface area contributed by atoms with Crippen LogP contribution in [0.4, 0.5) is 5.13 Å². The van der Waals surface area contributed by atoms with Crippen molar-refractivity contribution in [3.8, 4) is 10.6 Å². The van der Waals surface area contributed by atoms with Crippen molar-refractivity contribution in [3.05, 3.63) is 22.4 Å². The van der Waals surface area contributed by atoms with Gasteiger partial charge in [0.25, 0.3) is 0 Å². The van der Waals surface area contributed by atoms with Gasteiger partial charge in [-0.2, -0.15) is 0 Å². The number of halogens is 1. The van der Waals surface area contributed by atoms with Gasteiger partial charge < -0.3 is 15.4 Å². The largest absolute Gasteiger partial charge is 0.384 e. The average Bonchev–Trinajstić information content (AvgIpc) is 3.17. The van der Waals surface area contributed by atoms with Gasteiger partial charge in [0, 0.05) is 17.4 Å². The maximum absolute atomic E-state index is 12.8. The molecule has 1 amide bonds. The van der Waals surface area contributed by atoms with E-state index < -0.39 is 5.41 Å². The molecular weight excluding hydrogens is 366 g/mol.